The molecular weight excluding hydrogens is 406 g/mol. The van der Waals surface area contributed by atoms with E-state index in [-0.39, 0.29) is 0 Å². The second-order valence-electron chi connectivity index (χ2n) is 6.14. The number of aromatic nitrogens is 1. The first kappa shape index (κ1) is 18.4. The second-order valence-corrected chi connectivity index (χ2v) is 7.91. The lowest BCUT2D eigenvalue weighted by molar-refractivity contribution is 1.31. The highest BCUT2D eigenvalue weighted by Gasteiger charge is 2.10. The Balaban J connectivity index is 1.88. The van der Waals surface area contributed by atoms with Crippen LogP contribution >= 0.6 is 27.3 Å². The van der Waals surface area contributed by atoms with Crippen molar-refractivity contribution < 1.29 is 0 Å². The maximum atomic E-state index is 9.57. The number of thiazole rings is 1. The van der Waals surface area contributed by atoms with Gasteiger partial charge in [-0.3, -0.25) is 0 Å². The number of hydrogen-bond acceptors (Lipinski definition) is 4. The SMILES string of the molecule is Cc1cc(C)c(NC=C(C#N)c2nc(-c3cccc(Br)c3)cs2)c(C)c1. The van der Waals surface area contributed by atoms with Gasteiger partial charge in [-0.1, -0.05) is 45.8 Å². The highest BCUT2D eigenvalue weighted by Crippen LogP contribution is 2.28. The van der Waals surface area contributed by atoms with Crippen LogP contribution in [0.2, 0.25) is 0 Å². The first-order chi connectivity index (χ1) is 12.5. The summed E-state index contributed by atoms with van der Waals surface area (Å²) in [5.74, 6) is 0. The Hall–Kier alpha value is -2.42. The van der Waals surface area contributed by atoms with E-state index in [4.69, 9.17) is 0 Å². The van der Waals surface area contributed by atoms with E-state index in [9.17, 15) is 5.26 Å². The third-order valence-corrected chi connectivity index (χ3v) is 5.38. The van der Waals surface area contributed by atoms with Gasteiger partial charge in [0.25, 0.3) is 0 Å². The monoisotopic (exact) mass is 423 g/mol. The van der Waals surface area contributed by atoms with Crippen molar-refractivity contribution in [2.75, 3.05) is 5.32 Å². The molecule has 1 heterocycles. The summed E-state index contributed by atoms with van der Waals surface area (Å²) >= 11 is 4.95. The van der Waals surface area contributed by atoms with Crippen molar-refractivity contribution >= 4 is 38.5 Å². The van der Waals surface area contributed by atoms with Crippen LogP contribution in [0.3, 0.4) is 0 Å². The Morgan fingerprint density at radius 1 is 1.19 bits per heavy atom. The van der Waals surface area contributed by atoms with Crippen LogP contribution in [0, 0.1) is 32.1 Å². The van der Waals surface area contributed by atoms with Gasteiger partial charge in [0.1, 0.15) is 16.6 Å². The molecule has 0 saturated heterocycles. The van der Waals surface area contributed by atoms with Crippen molar-refractivity contribution in [2.24, 2.45) is 0 Å². The smallest absolute Gasteiger partial charge is 0.136 e. The number of anilines is 1. The molecule has 130 valence electrons. The molecule has 0 unspecified atom stereocenters. The van der Waals surface area contributed by atoms with Crippen LogP contribution < -0.4 is 5.32 Å². The number of rotatable bonds is 4. The molecule has 0 aliphatic heterocycles. The highest BCUT2D eigenvalue weighted by atomic mass is 79.9. The number of benzene rings is 2. The molecule has 3 aromatic rings. The Kier molecular flexibility index (Phi) is 5.55. The molecule has 0 radical (unpaired) electrons. The maximum Gasteiger partial charge on any atom is 0.136 e. The van der Waals surface area contributed by atoms with Gasteiger partial charge in [0.15, 0.2) is 0 Å². The van der Waals surface area contributed by atoms with Gasteiger partial charge in [-0.2, -0.15) is 5.26 Å². The van der Waals surface area contributed by atoms with Gasteiger partial charge in [-0.05, 0) is 44.0 Å². The fraction of sp³-hybridized carbons (Fsp3) is 0.143. The van der Waals surface area contributed by atoms with E-state index >= 15 is 0 Å². The zero-order chi connectivity index (χ0) is 18.7. The number of hydrogen-bond donors (Lipinski definition) is 1. The van der Waals surface area contributed by atoms with E-state index in [1.165, 1.54) is 16.9 Å². The molecule has 0 saturated carbocycles. The first-order valence-electron chi connectivity index (χ1n) is 8.14. The molecule has 0 bridgehead atoms. The first-order valence-corrected chi connectivity index (χ1v) is 9.81. The van der Waals surface area contributed by atoms with Crippen LogP contribution in [0.5, 0.6) is 0 Å². The van der Waals surface area contributed by atoms with Crippen LogP contribution in [0.4, 0.5) is 5.69 Å². The molecule has 1 aromatic heterocycles. The number of allylic oxidation sites excluding steroid dienone is 1. The van der Waals surface area contributed by atoms with E-state index in [1.807, 2.05) is 29.6 Å². The Morgan fingerprint density at radius 2 is 1.92 bits per heavy atom. The van der Waals surface area contributed by atoms with Crippen LogP contribution in [0.1, 0.15) is 21.7 Å². The zero-order valence-electron chi connectivity index (χ0n) is 14.8. The number of nitrogens with one attached hydrogen (secondary N) is 1. The van der Waals surface area contributed by atoms with Gasteiger partial charge < -0.3 is 5.32 Å². The number of aryl methyl sites for hydroxylation is 3. The molecule has 5 heteroatoms. The van der Waals surface area contributed by atoms with E-state index in [2.05, 4.69) is 65.2 Å². The van der Waals surface area contributed by atoms with Gasteiger partial charge in [0.05, 0.1) is 5.69 Å². The Morgan fingerprint density at radius 3 is 2.58 bits per heavy atom. The van der Waals surface area contributed by atoms with Crippen LogP contribution in [0.15, 0.2) is 52.5 Å². The Labute approximate surface area is 166 Å². The minimum Gasteiger partial charge on any atom is -0.360 e. The van der Waals surface area contributed by atoms with E-state index in [0.717, 1.165) is 32.5 Å². The summed E-state index contributed by atoms with van der Waals surface area (Å²) in [5, 5.41) is 15.5. The largest absolute Gasteiger partial charge is 0.360 e. The van der Waals surface area contributed by atoms with Crippen molar-refractivity contribution in [3.63, 3.8) is 0 Å². The van der Waals surface area contributed by atoms with Crippen LogP contribution in [-0.2, 0) is 0 Å². The molecule has 1 N–H and O–H groups in total. The second kappa shape index (κ2) is 7.86. The molecule has 3 rings (SSSR count). The van der Waals surface area contributed by atoms with E-state index in [0.29, 0.717) is 10.6 Å². The van der Waals surface area contributed by atoms with Gasteiger partial charge in [-0.15, -0.1) is 11.3 Å². The van der Waals surface area contributed by atoms with Gasteiger partial charge >= 0.3 is 0 Å². The third kappa shape index (κ3) is 4.04. The van der Waals surface area contributed by atoms with Gasteiger partial charge in [0.2, 0.25) is 0 Å². The lowest BCUT2D eigenvalue weighted by Crippen LogP contribution is -1.97. The predicted octanol–water partition coefficient (Wildman–Crippen LogP) is 6.47. The van der Waals surface area contributed by atoms with Crippen molar-refractivity contribution in [1.82, 2.24) is 4.98 Å². The van der Waals surface area contributed by atoms with Crippen molar-refractivity contribution in [2.45, 2.75) is 20.8 Å². The van der Waals surface area contributed by atoms with E-state index in [1.54, 1.807) is 6.20 Å². The fourth-order valence-electron chi connectivity index (χ4n) is 2.87. The lowest BCUT2D eigenvalue weighted by atomic mass is 10.1. The molecule has 0 spiro atoms. The Bertz CT molecular complexity index is 1000. The highest BCUT2D eigenvalue weighted by molar-refractivity contribution is 9.10. The normalized spacial score (nSPS) is 11.3. The quantitative estimate of drug-likeness (QED) is 0.488. The van der Waals surface area contributed by atoms with E-state index < -0.39 is 0 Å². The summed E-state index contributed by atoms with van der Waals surface area (Å²) in [5.41, 5.74) is 7.00. The zero-order valence-corrected chi connectivity index (χ0v) is 17.2. The molecule has 0 atom stereocenters. The molecule has 3 nitrogen and oxygen atoms in total. The molecule has 0 aliphatic rings. The molecule has 2 aromatic carbocycles. The number of halogens is 1. The average Bonchev–Trinajstić information content (AvgIpc) is 3.07. The molecular formula is C21H18BrN3S. The standard InChI is InChI=1S/C21H18BrN3S/c1-13-7-14(2)20(15(3)8-13)24-11-17(10-23)21-25-19(12-26-21)16-5-4-6-18(22)9-16/h4-9,11-12,24H,1-3H3. The number of nitriles is 1. The summed E-state index contributed by atoms with van der Waals surface area (Å²) in [6, 6.07) is 14.5. The minimum atomic E-state index is 0.524. The predicted molar refractivity (Wildman–Crippen MR) is 113 cm³/mol. The molecule has 0 aliphatic carbocycles. The topological polar surface area (TPSA) is 48.7 Å². The summed E-state index contributed by atoms with van der Waals surface area (Å²) in [7, 11) is 0. The van der Waals surface area contributed by atoms with Crippen LogP contribution in [0.25, 0.3) is 16.8 Å². The molecule has 0 amide bonds. The third-order valence-electron chi connectivity index (χ3n) is 4.01. The fourth-order valence-corrected chi connectivity index (χ4v) is 4.07. The van der Waals surface area contributed by atoms with Gasteiger partial charge in [0, 0.05) is 27.3 Å². The van der Waals surface area contributed by atoms with Gasteiger partial charge in [-0.25, -0.2) is 4.98 Å². The summed E-state index contributed by atoms with van der Waals surface area (Å²) in [6.45, 7) is 6.22. The maximum absolute atomic E-state index is 9.57. The van der Waals surface area contributed by atoms with Crippen molar-refractivity contribution in [3.05, 3.63) is 74.1 Å². The summed E-state index contributed by atoms with van der Waals surface area (Å²) in [4.78, 5) is 4.63. The van der Waals surface area contributed by atoms with Crippen LogP contribution in [-0.4, -0.2) is 4.98 Å². The van der Waals surface area contributed by atoms with Crippen molar-refractivity contribution in [3.8, 4) is 17.3 Å². The molecule has 26 heavy (non-hydrogen) atoms. The molecule has 0 fully saturated rings. The summed E-state index contributed by atoms with van der Waals surface area (Å²) in [6.07, 6.45) is 1.74. The number of nitrogens with zero attached hydrogens (tertiary/aromatic N) is 2. The lowest BCUT2D eigenvalue weighted by Gasteiger charge is -2.11. The summed E-state index contributed by atoms with van der Waals surface area (Å²) < 4.78 is 1.01. The average molecular weight is 424 g/mol. The van der Waals surface area contributed by atoms with Crippen molar-refractivity contribution in [1.29, 1.82) is 5.26 Å². The minimum absolute atomic E-state index is 0.524.